The molecule has 4 fully saturated rings. The van der Waals surface area contributed by atoms with E-state index in [9.17, 15) is 33.2 Å². The predicted octanol–water partition coefficient (Wildman–Crippen LogP) is 6.14. The number of anilines is 3. The summed E-state index contributed by atoms with van der Waals surface area (Å²) >= 11 is 0. The first-order valence-electron chi connectivity index (χ1n) is 21.9. The number of carbonyl (C=O) groups excluding carboxylic acids is 6. The lowest BCUT2D eigenvalue weighted by Gasteiger charge is -2.36. The lowest BCUT2D eigenvalue weighted by atomic mass is 9.85. The molecule has 2 saturated carbocycles. The van der Waals surface area contributed by atoms with Crippen molar-refractivity contribution >= 4 is 52.9 Å². The maximum Gasteiger partial charge on any atom is 0.407 e. The van der Waals surface area contributed by atoms with Gasteiger partial charge in [0.05, 0.1) is 14.2 Å². The monoisotopic (exact) mass is 881 g/mol. The molecule has 8 atom stereocenters. The first-order chi connectivity index (χ1) is 30.2. The summed E-state index contributed by atoms with van der Waals surface area (Å²) in [5, 5.41) is 11.4. The minimum atomic E-state index is -0.876. The number of piperidine rings is 2. The molecule has 15 nitrogen and oxygen atoms in total. The molecule has 4 aliphatic rings. The summed E-state index contributed by atoms with van der Waals surface area (Å²) in [6, 6.07) is 18.1. The van der Waals surface area contributed by atoms with Crippen LogP contribution in [-0.4, -0.2) is 97.1 Å². The molecule has 342 valence electrons. The fourth-order valence-corrected chi connectivity index (χ4v) is 9.19. The van der Waals surface area contributed by atoms with Gasteiger partial charge in [-0.05, 0) is 107 Å². The Bertz CT molecular complexity index is 2110. The number of hydrogen-bond donors (Lipinski definition) is 4. The van der Waals surface area contributed by atoms with E-state index in [1.54, 1.807) is 21.9 Å². The maximum atomic E-state index is 14.1. The number of nitrogens with zero attached hydrogens (tertiary/aromatic N) is 3. The fraction of sp³-hybridized carbons (Fsp3) is 0.500. The Hall–Kier alpha value is -6.19. The van der Waals surface area contributed by atoms with Crippen molar-refractivity contribution < 1.29 is 42.6 Å². The van der Waals surface area contributed by atoms with Crippen molar-refractivity contribution in [3.8, 4) is 0 Å². The van der Waals surface area contributed by atoms with Gasteiger partial charge in [-0.15, -0.1) is 0 Å². The minimum Gasteiger partial charge on any atom is -0.453 e. The SMILES string of the molecule is COC(=O)NC(C(=O)N1CC2CC2C1C(=O)Nc1ccc(CN(Cc2ccc(NC(=O)C3C4CC4CN3C(=O)C(NC(=O)OC)C(C)(C)C)cc2)c2ccc(F)cc2)cc1)C(C)(C)C. The topological polar surface area (TPSA) is 179 Å². The average molecular weight is 882 g/mol. The fourth-order valence-electron chi connectivity index (χ4n) is 9.19. The summed E-state index contributed by atoms with van der Waals surface area (Å²) in [5.41, 5.74) is 2.55. The highest BCUT2D eigenvalue weighted by Gasteiger charge is 2.59. The Morgan fingerprint density at radius 1 is 0.625 bits per heavy atom. The third kappa shape index (κ3) is 10.3. The number of rotatable bonds is 13. The van der Waals surface area contributed by atoms with E-state index in [0.717, 1.165) is 29.7 Å². The molecule has 7 rings (SSSR count). The molecule has 2 saturated heterocycles. The molecule has 0 radical (unpaired) electrons. The van der Waals surface area contributed by atoms with Crippen LogP contribution >= 0.6 is 0 Å². The van der Waals surface area contributed by atoms with Crippen LogP contribution in [0.2, 0.25) is 0 Å². The molecule has 3 aromatic rings. The normalized spacial score (nSPS) is 22.8. The number of methoxy groups -OCH3 is 2. The lowest BCUT2D eigenvalue weighted by Crippen LogP contribution is -2.58. The van der Waals surface area contributed by atoms with Gasteiger partial charge in [-0.2, -0.15) is 0 Å². The van der Waals surface area contributed by atoms with E-state index in [0.29, 0.717) is 37.6 Å². The number of halogens is 1. The number of fused-ring (bicyclic) bond motifs is 2. The van der Waals surface area contributed by atoms with Crippen LogP contribution in [0.4, 0.5) is 31.0 Å². The summed E-state index contributed by atoms with van der Waals surface area (Å²) in [7, 11) is 2.49. The average Bonchev–Trinajstić information content (AvgIpc) is 4.13. The summed E-state index contributed by atoms with van der Waals surface area (Å²) in [6.45, 7) is 12.9. The predicted molar refractivity (Wildman–Crippen MR) is 238 cm³/mol. The number of ether oxygens (including phenoxy) is 2. The van der Waals surface area contributed by atoms with Crippen LogP contribution < -0.4 is 26.2 Å². The molecule has 16 heteroatoms. The molecular formula is C48H60FN7O8. The van der Waals surface area contributed by atoms with E-state index in [1.165, 1.54) is 26.4 Å². The van der Waals surface area contributed by atoms with Crippen molar-refractivity contribution in [2.75, 3.05) is 42.8 Å². The van der Waals surface area contributed by atoms with Gasteiger partial charge in [-0.25, -0.2) is 14.0 Å². The standard InChI is InChI=1S/C48H60FN7O8/c1-47(2,3)39(52-45(61)63-7)43(59)55-25-29-21-35(29)37(55)41(57)50-32-15-9-27(10-16-32)23-54(34-19-13-31(49)14-20-34)24-28-11-17-33(18-12-28)51-42(58)38-36-22-30(36)26-56(38)44(60)40(48(4,5)6)53-46(62)64-8/h9-20,29-30,35-40H,21-26H2,1-8H3,(H,50,57)(H,51,58)(H,52,61)(H,53,62). The number of nitrogens with one attached hydrogen (secondary N) is 4. The van der Waals surface area contributed by atoms with Crippen molar-refractivity contribution in [2.45, 2.75) is 91.6 Å². The number of likely N-dealkylation sites (tertiary alicyclic amines) is 2. The molecular weight excluding hydrogens is 822 g/mol. The van der Waals surface area contributed by atoms with E-state index < -0.39 is 47.2 Å². The van der Waals surface area contributed by atoms with Crippen LogP contribution in [0.1, 0.15) is 65.5 Å². The second kappa shape index (κ2) is 18.1. The van der Waals surface area contributed by atoms with E-state index >= 15 is 0 Å². The number of benzene rings is 3. The van der Waals surface area contributed by atoms with Crippen LogP contribution in [0.3, 0.4) is 0 Å². The first-order valence-corrected chi connectivity index (χ1v) is 21.9. The van der Waals surface area contributed by atoms with Crippen LogP contribution in [0.15, 0.2) is 72.8 Å². The van der Waals surface area contributed by atoms with Crippen molar-refractivity contribution in [2.24, 2.45) is 34.5 Å². The third-order valence-corrected chi connectivity index (χ3v) is 12.9. The van der Waals surface area contributed by atoms with E-state index in [1.807, 2.05) is 90.1 Å². The molecule has 8 unspecified atom stereocenters. The van der Waals surface area contributed by atoms with Crippen molar-refractivity contribution in [1.29, 1.82) is 0 Å². The van der Waals surface area contributed by atoms with E-state index in [4.69, 9.17) is 9.47 Å². The summed E-state index contributed by atoms with van der Waals surface area (Å²) in [5.74, 6) is -0.957. The Labute approximate surface area is 373 Å². The maximum absolute atomic E-state index is 14.1. The molecule has 0 aromatic heterocycles. The molecule has 2 aliphatic heterocycles. The van der Waals surface area contributed by atoms with E-state index in [-0.39, 0.29) is 53.1 Å². The lowest BCUT2D eigenvalue weighted by molar-refractivity contribution is -0.141. The van der Waals surface area contributed by atoms with Gasteiger partial charge in [0.15, 0.2) is 0 Å². The Morgan fingerprint density at radius 2 is 1.00 bits per heavy atom. The summed E-state index contributed by atoms with van der Waals surface area (Å²) < 4.78 is 23.6. The molecule has 3 aromatic carbocycles. The molecule has 0 spiro atoms. The molecule has 0 bridgehead atoms. The summed E-state index contributed by atoms with van der Waals surface area (Å²) in [4.78, 5) is 84.8. The smallest absolute Gasteiger partial charge is 0.407 e. The van der Waals surface area contributed by atoms with Gasteiger partial charge >= 0.3 is 12.2 Å². The quantitative estimate of drug-likeness (QED) is 0.157. The number of hydrogen-bond acceptors (Lipinski definition) is 9. The van der Waals surface area contributed by atoms with Gasteiger partial charge in [-0.1, -0.05) is 65.8 Å². The highest BCUT2D eigenvalue weighted by molar-refractivity contribution is 6.00. The van der Waals surface area contributed by atoms with Crippen molar-refractivity contribution in [3.05, 3.63) is 89.7 Å². The molecule has 4 N–H and O–H groups in total. The highest BCUT2D eigenvalue weighted by atomic mass is 19.1. The first kappa shape index (κ1) is 45.8. The Balaban J connectivity index is 0.996. The Morgan fingerprint density at radius 3 is 1.34 bits per heavy atom. The number of carbonyl (C=O) groups is 6. The van der Waals surface area contributed by atoms with Crippen LogP contribution in [0.5, 0.6) is 0 Å². The highest BCUT2D eigenvalue weighted by Crippen LogP contribution is 2.51. The van der Waals surface area contributed by atoms with Gasteiger partial charge in [0.2, 0.25) is 23.6 Å². The molecule has 2 aliphatic carbocycles. The van der Waals surface area contributed by atoms with Crippen molar-refractivity contribution in [3.63, 3.8) is 0 Å². The van der Waals surface area contributed by atoms with Crippen molar-refractivity contribution in [1.82, 2.24) is 20.4 Å². The molecule has 64 heavy (non-hydrogen) atoms. The second-order valence-electron chi connectivity index (χ2n) is 19.8. The molecule has 6 amide bonds. The van der Waals surface area contributed by atoms with Crippen LogP contribution in [-0.2, 0) is 41.7 Å². The largest absolute Gasteiger partial charge is 0.453 e. The molecule has 2 heterocycles. The van der Waals surface area contributed by atoms with Crippen LogP contribution in [0.25, 0.3) is 0 Å². The van der Waals surface area contributed by atoms with E-state index in [2.05, 4.69) is 26.2 Å². The number of alkyl carbamates (subject to hydrolysis) is 2. The Kier molecular flexibility index (Phi) is 13.0. The van der Waals surface area contributed by atoms with Gasteiger partial charge < -0.3 is 45.4 Å². The van der Waals surface area contributed by atoms with Crippen LogP contribution in [0, 0.1) is 40.3 Å². The minimum absolute atomic E-state index is 0.0556. The van der Waals surface area contributed by atoms with Gasteiger partial charge in [0.1, 0.15) is 30.0 Å². The zero-order chi connectivity index (χ0) is 46.2. The van der Waals surface area contributed by atoms with Gasteiger partial charge in [0.25, 0.3) is 0 Å². The number of amides is 6. The van der Waals surface area contributed by atoms with Gasteiger partial charge in [0, 0.05) is 43.2 Å². The summed E-state index contributed by atoms with van der Waals surface area (Å²) in [6.07, 6.45) is 0.305. The zero-order valence-corrected chi connectivity index (χ0v) is 37.8. The zero-order valence-electron chi connectivity index (χ0n) is 37.8. The van der Waals surface area contributed by atoms with Gasteiger partial charge in [-0.3, -0.25) is 19.2 Å². The third-order valence-electron chi connectivity index (χ3n) is 12.9. The second-order valence-corrected chi connectivity index (χ2v) is 19.8.